The zero-order valence-electron chi connectivity index (χ0n) is 17.8. The average molecular weight is 409 g/mol. The number of allylic oxidation sites excluding steroid dienone is 1. The van der Waals surface area contributed by atoms with Gasteiger partial charge in [0, 0.05) is 42.0 Å². The molecule has 0 unspecified atom stereocenters. The molecule has 0 aliphatic carbocycles. The molecule has 2 heterocycles. The van der Waals surface area contributed by atoms with Crippen LogP contribution in [0.2, 0.25) is 0 Å². The van der Waals surface area contributed by atoms with Gasteiger partial charge in [-0.05, 0) is 36.3 Å². The normalized spacial score (nSPS) is 11.4. The van der Waals surface area contributed by atoms with Gasteiger partial charge in [-0.25, -0.2) is 4.98 Å². The maximum absolute atomic E-state index is 9.79. The molecule has 5 nitrogen and oxygen atoms in total. The summed E-state index contributed by atoms with van der Waals surface area (Å²) in [4.78, 5) is 4.31. The molecule has 0 radical (unpaired) electrons. The van der Waals surface area contributed by atoms with E-state index in [1.807, 2.05) is 73.8 Å². The Kier molecular flexibility index (Phi) is 5.72. The van der Waals surface area contributed by atoms with Crippen LogP contribution in [0.3, 0.4) is 0 Å². The van der Waals surface area contributed by atoms with E-state index in [0.717, 1.165) is 38.9 Å². The van der Waals surface area contributed by atoms with E-state index in [1.165, 1.54) is 0 Å². The third-order valence-electron chi connectivity index (χ3n) is 5.26. The van der Waals surface area contributed by atoms with E-state index in [0.29, 0.717) is 18.0 Å². The van der Waals surface area contributed by atoms with E-state index in [2.05, 4.69) is 21.8 Å². The molecule has 0 fully saturated rings. The fraction of sp³-hybridized carbons (Fsp3) is 0.154. The molecule has 2 aromatic carbocycles. The van der Waals surface area contributed by atoms with Gasteiger partial charge in [0.05, 0.1) is 31.4 Å². The van der Waals surface area contributed by atoms with E-state index in [-0.39, 0.29) is 0 Å². The highest BCUT2D eigenvalue weighted by atomic mass is 16.5. The number of methoxy groups -OCH3 is 2. The lowest BCUT2D eigenvalue weighted by molar-refractivity contribution is 0.397. The predicted molar refractivity (Wildman–Crippen MR) is 123 cm³/mol. The smallest absolute Gasteiger partial charge is 0.212 e. The zero-order valence-corrected chi connectivity index (χ0v) is 17.8. The summed E-state index contributed by atoms with van der Waals surface area (Å²) in [6.07, 6.45) is 5.83. The van der Waals surface area contributed by atoms with Crippen molar-refractivity contribution in [3.8, 4) is 17.7 Å². The highest BCUT2D eigenvalue weighted by molar-refractivity contribution is 5.98. The van der Waals surface area contributed by atoms with Crippen LogP contribution in [0.5, 0.6) is 11.6 Å². The van der Waals surface area contributed by atoms with Crippen molar-refractivity contribution in [2.24, 2.45) is 0 Å². The fourth-order valence-electron chi connectivity index (χ4n) is 3.56. The van der Waals surface area contributed by atoms with Crippen LogP contribution in [0.15, 0.2) is 67.0 Å². The number of fused-ring (bicyclic) bond motifs is 1. The van der Waals surface area contributed by atoms with Crippen molar-refractivity contribution in [3.63, 3.8) is 0 Å². The molecule has 0 bridgehead atoms. The minimum atomic E-state index is 0.586. The molecule has 31 heavy (non-hydrogen) atoms. The first-order valence-electron chi connectivity index (χ1n) is 9.96. The molecule has 2 aromatic heterocycles. The lowest BCUT2D eigenvalue weighted by atomic mass is 10.0. The van der Waals surface area contributed by atoms with Gasteiger partial charge < -0.3 is 14.0 Å². The molecule has 0 spiro atoms. The zero-order chi connectivity index (χ0) is 21.8. The van der Waals surface area contributed by atoms with Gasteiger partial charge >= 0.3 is 0 Å². The summed E-state index contributed by atoms with van der Waals surface area (Å²) in [6.45, 7) is 2.68. The minimum Gasteiger partial charge on any atom is -0.497 e. The third-order valence-corrected chi connectivity index (χ3v) is 5.26. The number of rotatable bonds is 6. The van der Waals surface area contributed by atoms with Crippen LogP contribution in [-0.2, 0) is 6.54 Å². The van der Waals surface area contributed by atoms with Gasteiger partial charge in [-0.3, -0.25) is 0 Å². The van der Waals surface area contributed by atoms with Crippen molar-refractivity contribution in [2.45, 2.75) is 13.5 Å². The summed E-state index contributed by atoms with van der Waals surface area (Å²) < 4.78 is 12.7. The van der Waals surface area contributed by atoms with E-state index in [9.17, 15) is 5.26 Å². The number of benzene rings is 2. The summed E-state index contributed by atoms with van der Waals surface area (Å²) in [5, 5.41) is 10.8. The van der Waals surface area contributed by atoms with Crippen molar-refractivity contribution in [1.29, 1.82) is 5.26 Å². The minimum absolute atomic E-state index is 0.586. The summed E-state index contributed by atoms with van der Waals surface area (Å²) in [5.74, 6) is 1.37. The molecule has 0 atom stereocenters. The molecule has 4 aromatic rings. The van der Waals surface area contributed by atoms with E-state index in [1.54, 1.807) is 14.2 Å². The third kappa shape index (κ3) is 4.29. The van der Waals surface area contributed by atoms with Crippen molar-refractivity contribution in [3.05, 3.63) is 89.2 Å². The molecule has 0 amide bonds. The Balaban J connectivity index is 1.80. The second-order valence-electron chi connectivity index (χ2n) is 7.34. The average Bonchev–Trinajstić information content (AvgIpc) is 3.14. The van der Waals surface area contributed by atoms with E-state index in [4.69, 9.17) is 9.47 Å². The van der Waals surface area contributed by atoms with Crippen molar-refractivity contribution >= 4 is 22.6 Å². The van der Waals surface area contributed by atoms with Crippen molar-refractivity contribution in [2.75, 3.05) is 14.2 Å². The number of aromatic nitrogens is 2. The summed E-state index contributed by atoms with van der Waals surface area (Å²) >= 11 is 0. The van der Waals surface area contributed by atoms with Gasteiger partial charge in [0.1, 0.15) is 5.75 Å². The molecular formula is C26H23N3O2. The Morgan fingerprint density at radius 2 is 1.87 bits per heavy atom. The first kappa shape index (κ1) is 20.2. The van der Waals surface area contributed by atoms with Crippen LogP contribution in [0, 0.1) is 18.3 Å². The molecule has 0 saturated carbocycles. The molecule has 5 heteroatoms. The molecular weight excluding hydrogens is 386 g/mol. The summed E-state index contributed by atoms with van der Waals surface area (Å²) in [7, 11) is 3.26. The van der Waals surface area contributed by atoms with Crippen molar-refractivity contribution < 1.29 is 9.47 Å². The van der Waals surface area contributed by atoms with Gasteiger partial charge in [-0.1, -0.05) is 35.9 Å². The SMILES string of the molecule is COc1ccc2c(/C=C(\C#N)c3ccc(C)cc3)cn(Cc3ccc(OC)nc3)c2c1. The first-order valence-corrected chi connectivity index (χ1v) is 9.96. The molecule has 154 valence electrons. The van der Waals surface area contributed by atoms with E-state index < -0.39 is 0 Å². The largest absolute Gasteiger partial charge is 0.497 e. The predicted octanol–water partition coefficient (Wildman–Crippen LogP) is 5.47. The quantitative estimate of drug-likeness (QED) is 0.396. The van der Waals surface area contributed by atoms with Crippen LogP contribution >= 0.6 is 0 Å². The Morgan fingerprint density at radius 3 is 2.52 bits per heavy atom. The monoisotopic (exact) mass is 409 g/mol. The van der Waals surface area contributed by atoms with Gasteiger partial charge in [0.15, 0.2) is 0 Å². The molecule has 0 aliphatic rings. The maximum Gasteiger partial charge on any atom is 0.212 e. The van der Waals surface area contributed by atoms with Gasteiger partial charge in [-0.2, -0.15) is 5.26 Å². The van der Waals surface area contributed by atoms with Gasteiger partial charge in [-0.15, -0.1) is 0 Å². The van der Waals surface area contributed by atoms with Gasteiger partial charge in [0.2, 0.25) is 5.88 Å². The highest BCUT2D eigenvalue weighted by Crippen LogP contribution is 2.30. The number of nitriles is 1. The first-order chi connectivity index (χ1) is 15.1. The van der Waals surface area contributed by atoms with Crippen LogP contribution < -0.4 is 9.47 Å². The van der Waals surface area contributed by atoms with Crippen LogP contribution in [0.1, 0.15) is 22.3 Å². The highest BCUT2D eigenvalue weighted by Gasteiger charge is 2.11. The van der Waals surface area contributed by atoms with Crippen LogP contribution in [0.25, 0.3) is 22.6 Å². The Morgan fingerprint density at radius 1 is 1.06 bits per heavy atom. The Labute approximate surface area is 181 Å². The molecule has 0 N–H and O–H groups in total. The summed E-state index contributed by atoms with van der Waals surface area (Å²) in [6, 6.07) is 20.2. The number of hydrogen-bond donors (Lipinski definition) is 0. The number of aryl methyl sites for hydroxylation is 1. The molecule has 0 aliphatic heterocycles. The van der Waals surface area contributed by atoms with Crippen LogP contribution in [-0.4, -0.2) is 23.8 Å². The second-order valence-corrected chi connectivity index (χ2v) is 7.34. The lowest BCUT2D eigenvalue weighted by Gasteiger charge is -2.07. The number of ether oxygens (including phenoxy) is 2. The summed E-state index contributed by atoms with van der Waals surface area (Å²) in [5.41, 5.74) is 5.76. The number of hydrogen-bond acceptors (Lipinski definition) is 4. The molecule has 4 rings (SSSR count). The van der Waals surface area contributed by atoms with Crippen molar-refractivity contribution in [1.82, 2.24) is 9.55 Å². The van der Waals surface area contributed by atoms with Crippen LogP contribution in [0.4, 0.5) is 0 Å². The second kappa shape index (κ2) is 8.76. The van der Waals surface area contributed by atoms with E-state index >= 15 is 0 Å². The van der Waals surface area contributed by atoms with Gasteiger partial charge in [0.25, 0.3) is 0 Å². The standard InChI is InChI=1S/C26H23N3O2/c1-18-4-7-20(8-5-18)21(14-27)12-22-17-29(16-19-6-11-26(31-3)28-15-19)25-13-23(30-2)9-10-24(22)25/h4-13,15,17H,16H2,1-3H3/b21-12+. The number of nitrogens with zero attached hydrogens (tertiary/aromatic N) is 3. The molecule has 0 saturated heterocycles. The maximum atomic E-state index is 9.79. The number of pyridine rings is 1. The Hall–Kier alpha value is -4.04. The fourth-order valence-corrected chi connectivity index (χ4v) is 3.56. The topological polar surface area (TPSA) is 60.1 Å². The lowest BCUT2D eigenvalue weighted by Crippen LogP contribution is -1.99. The Bertz CT molecular complexity index is 1280.